The summed E-state index contributed by atoms with van der Waals surface area (Å²) < 4.78 is 5.70. The second-order valence-corrected chi connectivity index (χ2v) is 7.90. The fraction of sp³-hybridized carbons (Fsp3) is 0.261. The van der Waals surface area contributed by atoms with Gasteiger partial charge in [-0.3, -0.25) is 19.8 Å². The molecule has 0 aromatic heterocycles. The molecular formula is C23H22ClN3O4. The maximum atomic E-state index is 12.7. The number of nitro benzene ring substituents is 1. The van der Waals surface area contributed by atoms with E-state index < -0.39 is 4.92 Å². The minimum absolute atomic E-state index is 0.137. The molecular weight excluding hydrogens is 418 g/mol. The van der Waals surface area contributed by atoms with E-state index in [4.69, 9.17) is 16.3 Å². The number of carbonyl (C=O) groups is 1. The smallest absolute Gasteiger partial charge is 0.311 e. The van der Waals surface area contributed by atoms with E-state index in [0.717, 1.165) is 25.0 Å². The van der Waals surface area contributed by atoms with E-state index in [1.807, 2.05) is 36.4 Å². The lowest BCUT2D eigenvalue weighted by atomic mass is 10.1. The fourth-order valence-electron chi connectivity index (χ4n) is 3.76. The van der Waals surface area contributed by atoms with Gasteiger partial charge in [0.2, 0.25) is 5.75 Å². The van der Waals surface area contributed by atoms with Crippen LogP contribution in [0.15, 0.2) is 60.7 Å². The van der Waals surface area contributed by atoms with Gasteiger partial charge in [0.15, 0.2) is 6.61 Å². The molecule has 31 heavy (non-hydrogen) atoms. The standard InChI is InChI=1S/C23H22ClN3O4/c24-19-8-5-17(6-9-19)15-25-11-13-26(14-12-25)22(28)16-31-23-20-4-2-1-3-18(20)7-10-21(23)27(29)30/h1-10H,11-16H2. The number of hydrogen-bond acceptors (Lipinski definition) is 5. The number of fused-ring (bicyclic) bond motifs is 1. The number of carbonyl (C=O) groups excluding carboxylic acids is 1. The van der Waals surface area contributed by atoms with Crippen molar-refractivity contribution in [3.05, 3.63) is 81.4 Å². The van der Waals surface area contributed by atoms with Crippen LogP contribution in [0.4, 0.5) is 5.69 Å². The van der Waals surface area contributed by atoms with Gasteiger partial charge in [-0.15, -0.1) is 0 Å². The Morgan fingerprint density at radius 1 is 1.00 bits per heavy atom. The number of nitrogens with zero attached hydrogens (tertiary/aromatic N) is 3. The number of amides is 1. The van der Waals surface area contributed by atoms with Gasteiger partial charge in [0.25, 0.3) is 5.91 Å². The van der Waals surface area contributed by atoms with Crippen molar-refractivity contribution in [3.63, 3.8) is 0 Å². The molecule has 8 heteroatoms. The highest BCUT2D eigenvalue weighted by molar-refractivity contribution is 6.30. The van der Waals surface area contributed by atoms with Gasteiger partial charge in [0.05, 0.1) is 4.92 Å². The number of hydrogen-bond donors (Lipinski definition) is 0. The molecule has 0 saturated carbocycles. The molecule has 1 aliphatic rings. The first-order valence-electron chi connectivity index (χ1n) is 10.0. The van der Waals surface area contributed by atoms with Crippen molar-refractivity contribution in [2.75, 3.05) is 32.8 Å². The molecule has 0 aliphatic carbocycles. The summed E-state index contributed by atoms with van der Waals surface area (Å²) in [6, 6.07) is 18.1. The number of rotatable bonds is 6. The Labute approximate surface area is 184 Å². The normalized spacial score (nSPS) is 14.5. The zero-order valence-electron chi connectivity index (χ0n) is 16.9. The summed E-state index contributed by atoms with van der Waals surface area (Å²) in [7, 11) is 0. The van der Waals surface area contributed by atoms with Gasteiger partial charge < -0.3 is 9.64 Å². The number of piperazine rings is 1. The third kappa shape index (κ3) is 4.95. The monoisotopic (exact) mass is 439 g/mol. The summed E-state index contributed by atoms with van der Waals surface area (Å²) in [5.74, 6) is -0.0359. The number of benzene rings is 3. The van der Waals surface area contributed by atoms with Crippen LogP contribution < -0.4 is 4.74 Å². The average molecular weight is 440 g/mol. The summed E-state index contributed by atoms with van der Waals surface area (Å²) >= 11 is 5.93. The molecule has 0 bridgehead atoms. The highest BCUT2D eigenvalue weighted by Gasteiger charge is 2.24. The van der Waals surface area contributed by atoms with Crippen molar-refractivity contribution in [3.8, 4) is 5.75 Å². The largest absolute Gasteiger partial charge is 0.476 e. The molecule has 0 unspecified atom stereocenters. The van der Waals surface area contributed by atoms with Crippen LogP contribution in [0.5, 0.6) is 5.75 Å². The number of nitro groups is 1. The molecule has 1 heterocycles. The molecule has 1 aliphatic heterocycles. The first kappa shape index (κ1) is 21.1. The molecule has 0 N–H and O–H groups in total. The van der Waals surface area contributed by atoms with Crippen LogP contribution in [-0.4, -0.2) is 53.4 Å². The first-order chi connectivity index (χ1) is 15.0. The van der Waals surface area contributed by atoms with E-state index in [9.17, 15) is 14.9 Å². The molecule has 1 amide bonds. The Hall–Kier alpha value is -3.16. The molecule has 1 fully saturated rings. The van der Waals surface area contributed by atoms with Crippen LogP contribution in [0.1, 0.15) is 5.56 Å². The van der Waals surface area contributed by atoms with E-state index in [1.165, 1.54) is 11.6 Å². The molecule has 3 aromatic carbocycles. The molecule has 160 valence electrons. The molecule has 1 saturated heterocycles. The second-order valence-electron chi connectivity index (χ2n) is 7.46. The predicted molar refractivity (Wildman–Crippen MR) is 119 cm³/mol. The summed E-state index contributed by atoms with van der Waals surface area (Å²) in [4.78, 5) is 27.7. The Kier molecular flexibility index (Phi) is 6.34. The Morgan fingerprint density at radius 2 is 1.71 bits per heavy atom. The van der Waals surface area contributed by atoms with E-state index in [0.29, 0.717) is 23.5 Å². The van der Waals surface area contributed by atoms with Crippen LogP contribution in [-0.2, 0) is 11.3 Å². The third-order valence-electron chi connectivity index (χ3n) is 5.44. The minimum atomic E-state index is -0.484. The Balaban J connectivity index is 1.36. The number of ether oxygens (including phenoxy) is 1. The first-order valence-corrected chi connectivity index (χ1v) is 10.4. The highest BCUT2D eigenvalue weighted by atomic mass is 35.5. The quantitative estimate of drug-likeness (QED) is 0.426. The second kappa shape index (κ2) is 9.32. The predicted octanol–water partition coefficient (Wildman–Crippen LogP) is 4.12. The molecule has 3 aromatic rings. The van der Waals surface area contributed by atoms with E-state index in [-0.39, 0.29) is 24.0 Å². The Morgan fingerprint density at radius 3 is 2.42 bits per heavy atom. The van der Waals surface area contributed by atoms with Crippen molar-refractivity contribution < 1.29 is 14.5 Å². The Bertz CT molecular complexity index is 1100. The van der Waals surface area contributed by atoms with E-state index in [1.54, 1.807) is 23.1 Å². The molecule has 4 rings (SSSR count). The van der Waals surface area contributed by atoms with Crippen LogP contribution in [0.2, 0.25) is 5.02 Å². The number of halogens is 1. The zero-order valence-corrected chi connectivity index (χ0v) is 17.6. The van der Waals surface area contributed by atoms with Gasteiger partial charge >= 0.3 is 5.69 Å². The van der Waals surface area contributed by atoms with Gasteiger partial charge in [-0.25, -0.2) is 0 Å². The highest BCUT2D eigenvalue weighted by Crippen LogP contribution is 2.35. The summed E-state index contributed by atoms with van der Waals surface area (Å²) in [6.45, 7) is 3.26. The van der Waals surface area contributed by atoms with E-state index in [2.05, 4.69) is 4.90 Å². The van der Waals surface area contributed by atoms with Gasteiger partial charge in [0.1, 0.15) is 0 Å². The van der Waals surface area contributed by atoms with Gasteiger partial charge in [-0.1, -0.05) is 48.0 Å². The lowest BCUT2D eigenvalue weighted by Gasteiger charge is -2.34. The lowest BCUT2D eigenvalue weighted by molar-refractivity contribution is -0.385. The van der Waals surface area contributed by atoms with E-state index >= 15 is 0 Å². The third-order valence-corrected chi connectivity index (χ3v) is 5.69. The van der Waals surface area contributed by atoms with Crippen LogP contribution >= 0.6 is 11.6 Å². The molecule has 0 spiro atoms. The van der Waals surface area contributed by atoms with Gasteiger partial charge in [0, 0.05) is 49.2 Å². The zero-order chi connectivity index (χ0) is 21.8. The molecule has 0 radical (unpaired) electrons. The summed E-state index contributed by atoms with van der Waals surface area (Å²) in [6.07, 6.45) is 0. The minimum Gasteiger partial charge on any atom is -0.476 e. The van der Waals surface area contributed by atoms with Crippen LogP contribution in [0, 0.1) is 10.1 Å². The van der Waals surface area contributed by atoms with Gasteiger partial charge in [-0.05, 0) is 29.1 Å². The fourth-order valence-corrected chi connectivity index (χ4v) is 3.88. The topological polar surface area (TPSA) is 75.9 Å². The van der Waals surface area contributed by atoms with Crippen molar-refractivity contribution >= 4 is 34.0 Å². The molecule has 0 atom stereocenters. The molecule has 7 nitrogen and oxygen atoms in total. The van der Waals surface area contributed by atoms with Crippen molar-refractivity contribution in [2.24, 2.45) is 0 Å². The lowest BCUT2D eigenvalue weighted by Crippen LogP contribution is -2.49. The van der Waals surface area contributed by atoms with Crippen LogP contribution in [0.3, 0.4) is 0 Å². The maximum Gasteiger partial charge on any atom is 0.311 e. The van der Waals surface area contributed by atoms with Crippen molar-refractivity contribution in [2.45, 2.75) is 6.54 Å². The maximum absolute atomic E-state index is 12.7. The van der Waals surface area contributed by atoms with Crippen LogP contribution in [0.25, 0.3) is 10.8 Å². The van der Waals surface area contributed by atoms with Crippen molar-refractivity contribution in [1.82, 2.24) is 9.80 Å². The summed E-state index contributed by atoms with van der Waals surface area (Å²) in [5.41, 5.74) is 1.04. The SMILES string of the molecule is O=C(COc1c([N+](=O)[O-])ccc2ccccc12)N1CCN(Cc2ccc(Cl)cc2)CC1. The average Bonchev–Trinajstić information content (AvgIpc) is 2.79. The van der Waals surface area contributed by atoms with Gasteiger partial charge in [-0.2, -0.15) is 0 Å². The summed E-state index contributed by atoms with van der Waals surface area (Å²) in [5, 5.41) is 13.6. The van der Waals surface area contributed by atoms with Crippen molar-refractivity contribution in [1.29, 1.82) is 0 Å².